The van der Waals surface area contributed by atoms with Crippen LogP contribution < -0.4 is 0 Å². The van der Waals surface area contributed by atoms with Crippen molar-refractivity contribution < 1.29 is 4.79 Å². The topological polar surface area (TPSA) is 30.0 Å². The minimum absolute atomic E-state index is 0.180. The van der Waals surface area contributed by atoms with Crippen LogP contribution in [0.15, 0.2) is 54.0 Å². The highest BCUT2D eigenvalue weighted by molar-refractivity contribution is 7.09. The first-order chi connectivity index (χ1) is 9.83. The van der Waals surface area contributed by atoms with Crippen molar-refractivity contribution in [2.24, 2.45) is 0 Å². The molecule has 0 aliphatic heterocycles. The van der Waals surface area contributed by atoms with Crippen molar-refractivity contribution in [2.45, 2.75) is 19.3 Å². The van der Waals surface area contributed by atoms with Gasteiger partial charge < -0.3 is 0 Å². The molecular formula is C17H15NOS. The molecule has 100 valence electrons. The quantitative estimate of drug-likeness (QED) is 0.644. The predicted octanol–water partition coefficient (Wildman–Crippen LogP) is 4.50. The van der Waals surface area contributed by atoms with Crippen LogP contribution in [0, 0.1) is 0 Å². The Morgan fingerprint density at radius 2 is 2.05 bits per heavy atom. The largest absolute Gasteiger partial charge is 0.294 e. The first-order valence-corrected chi connectivity index (χ1v) is 7.61. The van der Waals surface area contributed by atoms with Crippen molar-refractivity contribution in [1.29, 1.82) is 0 Å². The van der Waals surface area contributed by atoms with Crippen LogP contribution in [-0.2, 0) is 6.42 Å². The zero-order valence-electron chi connectivity index (χ0n) is 11.1. The van der Waals surface area contributed by atoms with Crippen molar-refractivity contribution in [3.63, 3.8) is 0 Å². The summed E-state index contributed by atoms with van der Waals surface area (Å²) in [7, 11) is 0. The van der Waals surface area contributed by atoms with Gasteiger partial charge in [-0.05, 0) is 36.4 Å². The lowest BCUT2D eigenvalue weighted by Crippen LogP contribution is -2.00. The lowest BCUT2D eigenvalue weighted by atomic mass is 10.0. The van der Waals surface area contributed by atoms with Gasteiger partial charge in [0.2, 0.25) is 0 Å². The molecule has 0 fully saturated rings. The zero-order chi connectivity index (χ0) is 13.8. The van der Waals surface area contributed by atoms with Crippen LogP contribution in [-0.4, -0.2) is 10.8 Å². The number of carbonyl (C=O) groups excluding carboxylic acids is 1. The second kappa shape index (κ2) is 5.97. The molecule has 2 nitrogen and oxygen atoms in total. The van der Waals surface area contributed by atoms with E-state index in [0.717, 1.165) is 29.3 Å². The van der Waals surface area contributed by atoms with Crippen LogP contribution >= 0.6 is 11.3 Å². The van der Waals surface area contributed by atoms with Gasteiger partial charge in [0.1, 0.15) is 0 Å². The summed E-state index contributed by atoms with van der Waals surface area (Å²) in [6, 6.07) is 14.0. The maximum atomic E-state index is 12.2. The predicted molar refractivity (Wildman–Crippen MR) is 83.3 cm³/mol. The van der Waals surface area contributed by atoms with Crippen molar-refractivity contribution >= 4 is 28.0 Å². The van der Waals surface area contributed by atoms with Crippen LogP contribution in [0.5, 0.6) is 0 Å². The van der Waals surface area contributed by atoms with Crippen molar-refractivity contribution in [3.8, 4) is 0 Å². The van der Waals surface area contributed by atoms with E-state index in [1.807, 2.05) is 30.3 Å². The van der Waals surface area contributed by atoms with E-state index < -0.39 is 0 Å². The number of nitrogens with zero attached hydrogens (tertiary/aromatic N) is 1. The molecule has 0 aliphatic carbocycles. The number of thiophene rings is 1. The Morgan fingerprint density at radius 1 is 1.15 bits per heavy atom. The van der Waals surface area contributed by atoms with E-state index in [-0.39, 0.29) is 5.78 Å². The summed E-state index contributed by atoms with van der Waals surface area (Å²) in [4.78, 5) is 17.9. The third-order valence-corrected chi connectivity index (χ3v) is 4.26. The molecule has 3 heteroatoms. The smallest absolute Gasteiger partial charge is 0.164 e. The number of fused-ring (bicyclic) bond motifs is 1. The number of Topliss-reactive ketones (excluding diaryl/α,β-unsaturated/α-hetero) is 1. The summed E-state index contributed by atoms with van der Waals surface area (Å²) in [5.74, 6) is 0.180. The molecule has 0 unspecified atom stereocenters. The standard InChI is InChI=1S/C17H15NOS/c19-17(9-3-6-15-7-4-10-20-15)14-11-13-5-1-2-8-16(13)18-12-14/h1-2,4-5,7-8,10-12H,3,6,9H2. The Morgan fingerprint density at radius 3 is 2.90 bits per heavy atom. The van der Waals surface area contributed by atoms with E-state index in [1.54, 1.807) is 17.5 Å². The minimum Gasteiger partial charge on any atom is -0.294 e. The van der Waals surface area contributed by atoms with E-state index in [1.165, 1.54) is 4.88 Å². The third-order valence-electron chi connectivity index (χ3n) is 3.32. The average Bonchev–Trinajstić information content (AvgIpc) is 3.00. The lowest BCUT2D eigenvalue weighted by molar-refractivity contribution is 0.0980. The van der Waals surface area contributed by atoms with E-state index >= 15 is 0 Å². The van der Waals surface area contributed by atoms with Gasteiger partial charge in [0.05, 0.1) is 5.52 Å². The summed E-state index contributed by atoms with van der Waals surface area (Å²) >= 11 is 1.75. The molecule has 0 atom stereocenters. The van der Waals surface area contributed by atoms with Crippen LogP contribution in [0.3, 0.4) is 0 Å². The average molecular weight is 281 g/mol. The number of hydrogen-bond donors (Lipinski definition) is 0. The van der Waals surface area contributed by atoms with Gasteiger partial charge >= 0.3 is 0 Å². The Hall–Kier alpha value is -2.00. The van der Waals surface area contributed by atoms with Crippen molar-refractivity contribution in [1.82, 2.24) is 4.98 Å². The van der Waals surface area contributed by atoms with Gasteiger partial charge in [-0.1, -0.05) is 24.3 Å². The SMILES string of the molecule is O=C(CCCc1cccs1)c1cnc2ccccc2c1. The first kappa shape index (κ1) is 13.0. The number of aryl methyl sites for hydroxylation is 1. The first-order valence-electron chi connectivity index (χ1n) is 6.73. The minimum atomic E-state index is 0.180. The van der Waals surface area contributed by atoms with Gasteiger partial charge in [-0.25, -0.2) is 0 Å². The number of rotatable bonds is 5. The highest BCUT2D eigenvalue weighted by Crippen LogP contribution is 2.16. The van der Waals surface area contributed by atoms with Gasteiger partial charge in [0.15, 0.2) is 5.78 Å². The molecule has 0 N–H and O–H groups in total. The molecule has 3 rings (SSSR count). The van der Waals surface area contributed by atoms with Crippen LogP contribution in [0.25, 0.3) is 10.9 Å². The van der Waals surface area contributed by atoms with E-state index in [4.69, 9.17) is 0 Å². The normalized spacial score (nSPS) is 10.8. The molecule has 0 radical (unpaired) electrons. The molecule has 3 aromatic rings. The van der Waals surface area contributed by atoms with Gasteiger partial charge in [-0.3, -0.25) is 9.78 Å². The molecule has 2 aromatic heterocycles. The van der Waals surface area contributed by atoms with Crippen molar-refractivity contribution in [3.05, 3.63) is 64.5 Å². The Balaban J connectivity index is 1.66. The molecule has 0 bridgehead atoms. The highest BCUT2D eigenvalue weighted by atomic mass is 32.1. The fourth-order valence-electron chi connectivity index (χ4n) is 2.25. The summed E-state index contributed by atoms with van der Waals surface area (Å²) in [5, 5.41) is 3.10. The van der Waals surface area contributed by atoms with Crippen molar-refractivity contribution in [2.75, 3.05) is 0 Å². The van der Waals surface area contributed by atoms with Crippen LogP contribution in [0.4, 0.5) is 0 Å². The van der Waals surface area contributed by atoms with Gasteiger partial charge in [-0.15, -0.1) is 11.3 Å². The van der Waals surface area contributed by atoms with E-state index in [2.05, 4.69) is 22.5 Å². The lowest BCUT2D eigenvalue weighted by Gasteiger charge is -2.02. The molecule has 20 heavy (non-hydrogen) atoms. The summed E-state index contributed by atoms with van der Waals surface area (Å²) in [6.07, 6.45) is 4.14. The number of pyridine rings is 1. The summed E-state index contributed by atoms with van der Waals surface area (Å²) in [5.41, 5.74) is 1.65. The van der Waals surface area contributed by atoms with Crippen LogP contribution in [0.1, 0.15) is 28.1 Å². The summed E-state index contributed by atoms with van der Waals surface area (Å²) < 4.78 is 0. The molecule has 0 saturated carbocycles. The van der Waals surface area contributed by atoms with Crippen LogP contribution in [0.2, 0.25) is 0 Å². The fourth-order valence-corrected chi connectivity index (χ4v) is 3.00. The molecular weight excluding hydrogens is 266 g/mol. The van der Waals surface area contributed by atoms with Gasteiger partial charge in [0.25, 0.3) is 0 Å². The second-order valence-electron chi connectivity index (χ2n) is 4.77. The highest BCUT2D eigenvalue weighted by Gasteiger charge is 2.07. The number of hydrogen-bond acceptors (Lipinski definition) is 3. The molecule has 0 spiro atoms. The number of benzene rings is 1. The maximum absolute atomic E-state index is 12.2. The molecule has 0 amide bonds. The summed E-state index contributed by atoms with van der Waals surface area (Å²) in [6.45, 7) is 0. The molecule has 1 aromatic carbocycles. The molecule has 0 saturated heterocycles. The zero-order valence-corrected chi connectivity index (χ0v) is 11.9. The van der Waals surface area contributed by atoms with Gasteiger partial charge in [0, 0.05) is 28.4 Å². The Bertz CT molecular complexity index is 719. The fraction of sp³-hybridized carbons (Fsp3) is 0.176. The second-order valence-corrected chi connectivity index (χ2v) is 5.81. The monoisotopic (exact) mass is 281 g/mol. The van der Waals surface area contributed by atoms with E-state index in [0.29, 0.717) is 6.42 Å². The Labute approximate surface area is 122 Å². The number of carbonyl (C=O) groups is 1. The molecule has 2 heterocycles. The Kier molecular flexibility index (Phi) is 3.88. The molecule has 0 aliphatic rings. The number of ketones is 1. The maximum Gasteiger partial charge on any atom is 0.164 e. The van der Waals surface area contributed by atoms with E-state index in [9.17, 15) is 4.79 Å². The number of para-hydroxylation sites is 1. The van der Waals surface area contributed by atoms with Gasteiger partial charge in [-0.2, -0.15) is 0 Å². The number of aromatic nitrogens is 1. The third kappa shape index (κ3) is 2.94.